The van der Waals surface area contributed by atoms with Crippen molar-refractivity contribution in [2.24, 2.45) is 5.73 Å². The molecule has 0 aliphatic carbocycles. The van der Waals surface area contributed by atoms with Crippen molar-refractivity contribution in [3.63, 3.8) is 0 Å². The van der Waals surface area contributed by atoms with Gasteiger partial charge in [0.25, 0.3) is 0 Å². The van der Waals surface area contributed by atoms with E-state index in [9.17, 15) is 4.39 Å². The molecule has 21 heavy (non-hydrogen) atoms. The third-order valence-electron chi connectivity index (χ3n) is 3.45. The summed E-state index contributed by atoms with van der Waals surface area (Å²) >= 11 is 6.09. The first-order chi connectivity index (χ1) is 10.2. The van der Waals surface area contributed by atoms with E-state index in [1.165, 1.54) is 17.8 Å². The van der Waals surface area contributed by atoms with E-state index in [-0.39, 0.29) is 5.82 Å². The fourth-order valence-corrected chi connectivity index (χ4v) is 2.73. The van der Waals surface area contributed by atoms with Crippen LogP contribution in [0.5, 0.6) is 0 Å². The lowest BCUT2D eigenvalue weighted by Gasteiger charge is -2.05. The molecule has 3 aromatic rings. The topological polar surface area (TPSA) is 43.8 Å². The molecule has 0 fully saturated rings. The molecule has 0 saturated carbocycles. The number of aromatic nitrogens is 2. The zero-order chi connectivity index (χ0) is 14.8. The predicted molar refractivity (Wildman–Crippen MR) is 83.0 cm³/mol. The molecule has 2 N–H and O–H groups in total. The van der Waals surface area contributed by atoms with Gasteiger partial charge in [0.05, 0.1) is 11.7 Å². The molecule has 0 radical (unpaired) electrons. The Hall–Kier alpha value is -1.91. The average molecular weight is 304 g/mol. The van der Waals surface area contributed by atoms with Gasteiger partial charge >= 0.3 is 0 Å². The SMILES string of the molecule is NCCc1cn(Cc2cncc(F)c2)c2cc(Cl)ccc12. The zero-order valence-corrected chi connectivity index (χ0v) is 12.1. The van der Waals surface area contributed by atoms with Crippen molar-refractivity contribution in [2.45, 2.75) is 13.0 Å². The number of benzene rings is 1. The first kappa shape index (κ1) is 14.0. The van der Waals surface area contributed by atoms with Crippen LogP contribution in [0.3, 0.4) is 0 Å². The number of pyridine rings is 1. The highest BCUT2D eigenvalue weighted by Crippen LogP contribution is 2.26. The highest BCUT2D eigenvalue weighted by molar-refractivity contribution is 6.31. The van der Waals surface area contributed by atoms with Crippen molar-refractivity contribution in [1.29, 1.82) is 0 Å². The highest BCUT2D eigenvalue weighted by atomic mass is 35.5. The molecule has 0 amide bonds. The number of halogens is 2. The van der Waals surface area contributed by atoms with Crippen LogP contribution in [0.25, 0.3) is 10.9 Å². The van der Waals surface area contributed by atoms with Crippen LogP contribution in [-0.4, -0.2) is 16.1 Å². The summed E-state index contributed by atoms with van der Waals surface area (Å²) in [4.78, 5) is 3.89. The molecule has 0 saturated heterocycles. The number of hydrogen-bond acceptors (Lipinski definition) is 2. The Kier molecular flexibility index (Phi) is 3.90. The summed E-state index contributed by atoms with van der Waals surface area (Å²) in [5.74, 6) is -0.329. The van der Waals surface area contributed by atoms with Crippen LogP contribution in [0, 0.1) is 5.82 Å². The largest absolute Gasteiger partial charge is 0.343 e. The molecule has 0 aliphatic rings. The van der Waals surface area contributed by atoms with Gasteiger partial charge in [-0.2, -0.15) is 0 Å². The minimum Gasteiger partial charge on any atom is -0.343 e. The number of nitrogens with zero attached hydrogens (tertiary/aromatic N) is 2. The Bertz CT molecular complexity index is 782. The third-order valence-corrected chi connectivity index (χ3v) is 3.69. The summed E-state index contributed by atoms with van der Waals surface area (Å²) in [6.07, 6.45) is 5.72. The van der Waals surface area contributed by atoms with Crippen LogP contribution in [0.1, 0.15) is 11.1 Å². The molecule has 2 heterocycles. The lowest BCUT2D eigenvalue weighted by molar-refractivity contribution is 0.616. The molecule has 0 aliphatic heterocycles. The second kappa shape index (κ2) is 5.84. The van der Waals surface area contributed by atoms with Gasteiger partial charge in [-0.1, -0.05) is 17.7 Å². The monoisotopic (exact) mass is 303 g/mol. The van der Waals surface area contributed by atoms with E-state index in [1.807, 2.05) is 18.2 Å². The number of hydrogen-bond donors (Lipinski definition) is 1. The molecule has 5 heteroatoms. The van der Waals surface area contributed by atoms with Crippen molar-refractivity contribution in [1.82, 2.24) is 9.55 Å². The number of fused-ring (bicyclic) bond motifs is 1. The Morgan fingerprint density at radius 2 is 2.10 bits per heavy atom. The van der Waals surface area contributed by atoms with Crippen LogP contribution in [0.4, 0.5) is 4.39 Å². The van der Waals surface area contributed by atoms with Crippen LogP contribution in [-0.2, 0) is 13.0 Å². The fraction of sp³-hybridized carbons (Fsp3) is 0.188. The first-order valence-electron chi connectivity index (χ1n) is 6.74. The standard InChI is InChI=1S/C16H15ClFN3/c17-13-1-2-15-12(3-4-19)10-21(16(15)6-13)9-11-5-14(18)8-20-7-11/h1-2,5-8,10H,3-4,9,19H2. The minimum absolute atomic E-state index is 0.329. The third kappa shape index (κ3) is 2.91. The van der Waals surface area contributed by atoms with Crippen molar-refractivity contribution < 1.29 is 4.39 Å². The maximum absolute atomic E-state index is 13.3. The first-order valence-corrected chi connectivity index (χ1v) is 7.12. The van der Waals surface area contributed by atoms with E-state index in [2.05, 4.69) is 15.7 Å². The van der Waals surface area contributed by atoms with Gasteiger partial charge in [0.15, 0.2) is 0 Å². The Balaban J connectivity index is 2.06. The predicted octanol–water partition coefficient (Wildman–Crippen LogP) is 3.38. The van der Waals surface area contributed by atoms with Gasteiger partial charge in [-0.15, -0.1) is 0 Å². The molecule has 0 bridgehead atoms. The molecule has 0 unspecified atom stereocenters. The van der Waals surface area contributed by atoms with Crippen molar-refractivity contribution in [3.05, 3.63) is 64.8 Å². The van der Waals surface area contributed by atoms with Crippen LogP contribution >= 0.6 is 11.6 Å². The second-order valence-electron chi connectivity index (χ2n) is 4.99. The summed E-state index contributed by atoms with van der Waals surface area (Å²) in [5, 5.41) is 1.81. The smallest absolute Gasteiger partial charge is 0.141 e. The Morgan fingerprint density at radius 1 is 1.24 bits per heavy atom. The molecule has 2 aromatic heterocycles. The summed E-state index contributed by atoms with van der Waals surface area (Å²) in [6.45, 7) is 1.13. The number of nitrogens with two attached hydrogens (primary N) is 1. The van der Waals surface area contributed by atoms with Crippen LogP contribution in [0.15, 0.2) is 42.9 Å². The van der Waals surface area contributed by atoms with E-state index >= 15 is 0 Å². The summed E-state index contributed by atoms with van der Waals surface area (Å²) in [7, 11) is 0. The van der Waals surface area contributed by atoms with Gasteiger partial charge in [0.1, 0.15) is 5.82 Å². The highest BCUT2D eigenvalue weighted by Gasteiger charge is 2.09. The van der Waals surface area contributed by atoms with Gasteiger partial charge in [-0.05, 0) is 42.3 Å². The average Bonchev–Trinajstić information content (AvgIpc) is 2.77. The zero-order valence-electron chi connectivity index (χ0n) is 11.4. The molecular formula is C16H15ClFN3. The molecular weight excluding hydrogens is 289 g/mol. The van der Waals surface area contributed by atoms with E-state index in [0.29, 0.717) is 18.1 Å². The van der Waals surface area contributed by atoms with Gasteiger partial charge in [0.2, 0.25) is 0 Å². The van der Waals surface area contributed by atoms with E-state index in [0.717, 1.165) is 22.9 Å². The molecule has 0 spiro atoms. The van der Waals surface area contributed by atoms with Gasteiger partial charge in [0, 0.05) is 29.3 Å². The lowest BCUT2D eigenvalue weighted by Crippen LogP contribution is -2.02. The lowest BCUT2D eigenvalue weighted by atomic mass is 10.1. The van der Waals surface area contributed by atoms with Crippen LogP contribution < -0.4 is 5.73 Å². The summed E-state index contributed by atoms with van der Waals surface area (Å²) < 4.78 is 15.3. The molecule has 1 aromatic carbocycles. The Labute approximate surface area is 127 Å². The normalized spacial score (nSPS) is 11.2. The fourth-order valence-electron chi connectivity index (χ4n) is 2.57. The van der Waals surface area contributed by atoms with Gasteiger partial charge in [-0.25, -0.2) is 4.39 Å². The second-order valence-corrected chi connectivity index (χ2v) is 5.43. The van der Waals surface area contributed by atoms with Gasteiger partial charge < -0.3 is 10.3 Å². The van der Waals surface area contributed by atoms with Crippen LogP contribution in [0.2, 0.25) is 5.02 Å². The van der Waals surface area contributed by atoms with Crippen molar-refractivity contribution >= 4 is 22.5 Å². The molecule has 108 valence electrons. The van der Waals surface area contributed by atoms with Gasteiger partial charge in [-0.3, -0.25) is 4.98 Å². The van der Waals surface area contributed by atoms with E-state index in [1.54, 1.807) is 6.20 Å². The quantitative estimate of drug-likeness (QED) is 0.803. The van der Waals surface area contributed by atoms with E-state index in [4.69, 9.17) is 17.3 Å². The molecule has 3 nitrogen and oxygen atoms in total. The van der Waals surface area contributed by atoms with Crippen molar-refractivity contribution in [2.75, 3.05) is 6.54 Å². The maximum Gasteiger partial charge on any atom is 0.141 e. The molecule has 3 rings (SSSR count). The maximum atomic E-state index is 13.3. The Morgan fingerprint density at radius 3 is 2.86 bits per heavy atom. The van der Waals surface area contributed by atoms with Crippen molar-refractivity contribution in [3.8, 4) is 0 Å². The molecule has 0 atom stereocenters. The summed E-state index contributed by atoms with van der Waals surface area (Å²) in [6, 6.07) is 7.29. The minimum atomic E-state index is -0.329. The van der Waals surface area contributed by atoms with E-state index < -0.39 is 0 Å². The number of rotatable bonds is 4. The summed E-state index contributed by atoms with van der Waals surface area (Å²) in [5.41, 5.74) is 8.68.